The number of nitrogens with zero attached hydrogens (tertiary/aromatic N) is 6. The number of nitrogens with two attached hydrogens (primary N) is 1. The third-order valence-corrected chi connectivity index (χ3v) is 4.79. The van der Waals surface area contributed by atoms with E-state index in [0.29, 0.717) is 18.3 Å². The Bertz CT molecular complexity index is 883. The molecule has 0 aliphatic carbocycles. The normalized spacial score (nSPS) is 19.7. The summed E-state index contributed by atoms with van der Waals surface area (Å²) < 4.78 is 3.53. The predicted octanol–water partition coefficient (Wildman–Crippen LogP) is -0.596. The minimum Gasteiger partial charge on any atom is -0.368 e. The van der Waals surface area contributed by atoms with E-state index < -0.39 is 30.4 Å². The molecule has 4 amide bonds. The Labute approximate surface area is 156 Å². The van der Waals surface area contributed by atoms with Gasteiger partial charge in [-0.3, -0.25) is 19.4 Å². The van der Waals surface area contributed by atoms with Crippen LogP contribution < -0.4 is 5.73 Å². The molecule has 1 fully saturated rings. The van der Waals surface area contributed by atoms with Crippen LogP contribution in [-0.2, 0) is 22.4 Å². The van der Waals surface area contributed by atoms with E-state index in [-0.39, 0.29) is 0 Å². The predicted molar refractivity (Wildman–Crippen MR) is 97.5 cm³/mol. The van der Waals surface area contributed by atoms with Crippen molar-refractivity contribution >= 4 is 29.6 Å². The first kappa shape index (κ1) is 18.7. The summed E-state index contributed by atoms with van der Waals surface area (Å²) in [5.74, 6) is -0.418. The molecule has 1 aromatic heterocycles. The van der Waals surface area contributed by atoms with Gasteiger partial charge in [-0.2, -0.15) is 0 Å². The van der Waals surface area contributed by atoms with Gasteiger partial charge in [0.05, 0.1) is 12.2 Å². The Morgan fingerprint density at radius 3 is 2.52 bits per heavy atom. The zero-order valence-corrected chi connectivity index (χ0v) is 16.0. The number of carbonyl (C=O) groups is 3. The summed E-state index contributed by atoms with van der Waals surface area (Å²) in [7, 11) is 1.53. The van der Waals surface area contributed by atoms with E-state index in [1.54, 1.807) is 9.26 Å². The number of carbonyl (C=O) groups excluding carboxylic acids is 3. The number of aliphatic imine (C=N–C) groups is 1. The first-order valence-electron chi connectivity index (χ1n) is 9.01. The molecule has 1 atom stereocenters. The Morgan fingerprint density at radius 2 is 1.96 bits per heavy atom. The van der Waals surface area contributed by atoms with Gasteiger partial charge >= 0.3 is 12.0 Å². The lowest BCUT2D eigenvalue weighted by Gasteiger charge is -2.33. The molecule has 10 heteroatoms. The fourth-order valence-electron chi connectivity index (χ4n) is 3.37. The summed E-state index contributed by atoms with van der Waals surface area (Å²) in [6, 6.07) is 0.613. The molecule has 0 bridgehead atoms. The molecule has 1 unspecified atom stereocenters. The highest BCUT2D eigenvalue weighted by Gasteiger charge is 2.53. The maximum Gasteiger partial charge on any atom is 0.421 e. The molecule has 3 heterocycles. The van der Waals surface area contributed by atoms with Crippen LogP contribution in [0.4, 0.5) is 4.79 Å². The largest absolute Gasteiger partial charge is 0.421 e. The van der Waals surface area contributed by atoms with Gasteiger partial charge in [0.2, 0.25) is 17.8 Å². The molecule has 0 aromatic carbocycles. The first-order valence-corrected chi connectivity index (χ1v) is 9.01. The number of fused-ring (bicyclic) bond motifs is 1. The van der Waals surface area contributed by atoms with Gasteiger partial charge in [0, 0.05) is 13.5 Å². The van der Waals surface area contributed by atoms with E-state index in [2.05, 4.69) is 10.1 Å². The van der Waals surface area contributed by atoms with Gasteiger partial charge in [-0.1, -0.05) is 18.8 Å². The second-order valence-electron chi connectivity index (χ2n) is 6.44. The van der Waals surface area contributed by atoms with Crippen molar-refractivity contribution in [3.63, 3.8) is 0 Å². The Kier molecular flexibility index (Phi) is 4.81. The Hall–Kier alpha value is -3.04. The van der Waals surface area contributed by atoms with Crippen molar-refractivity contribution in [3.05, 3.63) is 17.5 Å². The maximum absolute atomic E-state index is 13.0. The standard InChI is InChI=1S/C17H23N7O3/c1-5-10-8-11(6-2)24(20-10)16-19-14-13(22(16)7-3)15(26)23(9-12(18)25)17(27)21(14)4/h8,13H,5-7,9H2,1-4H3,(H-,18,25)/p+1. The van der Waals surface area contributed by atoms with E-state index >= 15 is 0 Å². The van der Waals surface area contributed by atoms with Gasteiger partial charge in [0.25, 0.3) is 5.91 Å². The SMILES string of the molecule is CCc1cc(CC)n(C2=[N+](CC)C3C(=O)N(CC(N)=O)C(=O)N(C)C3=N2)n1. The number of likely N-dealkylation sites (N-methyl/N-ethyl adjacent to an activating group) is 2. The van der Waals surface area contributed by atoms with Crippen LogP contribution in [0.5, 0.6) is 0 Å². The summed E-state index contributed by atoms with van der Waals surface area (Å²) in [6.07, 6.45) is 1.53. The lowest BCUT2D eigenvalue weighted by atomic mass is 10.1. The van der Waals surface area contributed by atoms with Crippen LogP contribution in [0.1, 0.15) is 32.2 Å². The van der Waals surface area contributed by atoms with Crippen molar-refractivity contribution in [2.75, 3.05) is 20.1 Å². The molecule has 2 aliphatic rings. The van der Waals surface area contributed by atoms with Crippen molar-refractivity contribution in [2.45, 2.75) is 39.7 Å². The Morgan fingerprint density at radius 1 is 1.26 bits per heavy atom. The highest BCUT2D eigenvalue weighted by atomic mass is 16.2. The fraction of sp³-hybridized carbons (Fsp3) is 0.529. The van der Waals surface area contributed by atoms with Crippen molar-refractivity contribution in [2.24, 2.45) is 10.7 Å². The smallest absolute Gasteiger partial charge is 0.368 e. The zero-order chi connectivity index (χ0) is 19.9. The zero-order valence-electron chi connectivity index (χ0n) is 16.0. The summed E-state index contributed by atoms with van der Waals surface area (Å²) in [4.78, 5) is 43.5. The molecule has 2 N–H and O–H groups in total. The van der Waals surface area contributed by atoms with Crippen molar-refractivity contribution in [1.82, 2.24) is 19.6 Å². The highest BCUT2D eigenvalue weighted by Crippen LogP contribution is 2.21. The number of primary amides is 1. The van der Waals surface area contributed by atoms with Gasteiger partial charge in [0.1, 0.15) is 12.2 Å². The minimum absolute atomic E-state index is 0.332. The molecule has 1 aromatic rings. The quantitative estimate of drug-likeness (QED) is 0.693. The van der Waals surface area contributed by atoms with Gasteiger partial charge < -0.3 is 5.73 Å². The first-order chi connectivity index (χ1) is 12.8. The van der Waals surface area contributed by atoms with Crippen LogP contribution in [0.25, 0.3) is 0 Å². The van der Waals surface area contributed by atoms with E-state index in [0.717, 1.165) is 29.1 Å². The molecular weight excluding hydrogens is 350 g/mol. The van der Waals surface area contributed by atoms with Gasteiger partial charge in [-0.25, -0.2) is 9.37 Å². The van der Waals surface area contributed by atoms with Gasteiger partial charge in [-0.15, -0.1) is 9.78 Å². The third kappa shape index (κ3) is 2.90. The van der Waals surface area contributed by atoms with Crippen molar-refractivity contribution in [1.29, 1.82) is 0 Å². The summed E-state index contributed by atoms with van der Waals surface area (Å²) in [6.45, 7) is 5.97. The lowest BCUT2D eigenvalue weighted by molar-refractivity contribution is -0.534. The number of imide groups is 1. The van der Waals surface area contributed by atoms with Gasteiger partial charge in [0.15, 0.2) is 0 Å². The monoisotopic (exact) mass is 374 g/mol. The second kappa shape index (κ2) is 6.93. The number of hydrogen-bond acceptors (Lipinski definition) is 5. The number of urea groups is 1. The third-order valence-electron chi connectivity index (χ3n) is 4.79. The van der Waals surface area contributed by atoms with Crippen LogP contribution in [0.15, 0.2) is 11.1 Å². The molecule has 144 valence electrons. The summed E-state index contributed by atoms with van der Waals surface area (Å²) in [5.41, 5.74) is 7.10. The molecule has 0 radical (unpaired) electrons. The molecular formula is C17H24N7O3+. The van der Waals surface area contributed by atoms with E-state index in [9.17, 15) is 14.4 Å². The number of amides is 4. The number of hydrogen-bond donors (Lipinski definition) is 1. The van der Waals surface area contributed by atoms with Crippen LogP contribution in [-0.4, -0.2) is 80.0 Å². The molecule has 0 saturated carbocycles. The average molecular weight is 374 g/mol. The van der Waals surface area contributed by atoms with Crippen LogP contribution in [0, 0.1) is 0 Å². The molecule has 0 spiro atoms. The summed E-state index contributed by atoms with van der Waals surface area (Å²) in [5, 5.41) is 4.60. The fourth-order valence-corrected chi connectivity index (χ4v) is 3.37. The number of amidine groups is 1. The lowest BCUT2D eigenvalue weighted by Crippen LogP contribution is -2.63. The minimum atomic E-state index is -0.786. The maximum atomic E-state index is 13.0. The van der Waals surface area contributed by atoms with Crippen LogP contribution in [0.3, 0.4) is 0 Å². The number of aryl methyl sites for hydroxylation is 2. The van der Waals surface area contributed by atoms with Crippen molar-refractivity contribution < 1.29 is 19.0 Å². The van der Waals surface area contributed by atoms with E-state index in [1.807, 2.05) is 26.8 Å². The average Bonchev–Trinajstić information content (AvgIpc) is 3.23. The van der Waals surface area contributed by atoms with Crippen LogP contribution >= 0.6 is 0 Å². The number of rotatable bonds is 5. The second-order valence-corrected chi connectivity index (χ2v) is 6.44. The molecule has 3 rings (SSSR count). The van der Waals surface area contributed by atoms with E-state index in [1.165, 1.54) is 11.9 Å². The highest BCUT2D eigenvalue weighted by molar-refractivity contribution is 6.23. The van der Waals surface area contributed by atoms with Crippen molar-refractivity contribution in [3.8, 4) is 0 Å². The van der Waals surface area contributed by atoms with E-state index in [4.69, 9.17) is 5.73 Å². The number of aromatic nitrogens is 2. The van der Waals surface area contributed by atoms with Gasteiger partial charge in [-0.05, 0) is 19.4 Å². The summed E-state index contributed by atoms with van der Waals surface area (Å²) >= 11 is 0. The molecule has 1 saturated heterocycles. The Balaban J connectivity index is 2.12. The topological polar surface area (TPSA) is 117 Å². The molecule has 10 nitrogen and oxygen atoms in total. The molecule has 27 heavy (non-hydrogen) atoms. The molecule has 2 aliphatic heterocycles. The van der Waals surface area contributed by atoms with Crippen LogP contribution in [0.2, 0.25) is 0 Å².